The van der Waals surface area contributed by atoms with Crippen molar-refractivity contribution in [3.05, 3.63) is 24.3 Å². The van der Waals surface area contributed by atoms with E-state index >= 15 is 0 Å². The van der Waals surface area contributed by atoms with Gasteiger partial charge in [-0.3, -0.25) is 9.52 Å². The zero-order valence-electron chi connectivity index (χ0n) is 12.8. The number of amides is 2. The summed E-state index contributed by atoms with van der Waals surface area (Å²) in [6, 6.07) is 5.84. The lowest BCUT2D eigenvalue weighted by Gasteiger charge is -2.10. The Morgan fingerprint density at radius 3 is 2.57 bits per heavy atom. The molecule has 0 aliphatic carbocycles. The Morgan fingerprint density at radius 1 is 1.22 bits per heavy atom. The quantitative estimate of drug-likeness (QED) is 0.509. The molecule has 0 radical (unpaired) electrons. The topological polar surface area (TPSA) is 125 Å². The average Bonchev–Trinajstić information content (AvgIpc) is 2.43. The van der Waals surface area contributed by atoms with E-state index in [0.717, 1.165) is 0 Å². The SMILES string of the molecule is CCCS(=O)(=O)Nc1cccc(NC(=O)NCCCC(=O)O)c1. The van der Waals surface area contributed by atoms with Crippen molar-refractivity contribution in [3.8, 4) is 0 Å². The van der Waals surface area contributed by atoms with Gasteiger partial charge < -0.3 is 15.7 Å². The number of carboxylic acids is 1. The van der Waals surface area contributed by atoms with Crippen LogP contribution in [-0.2, 0) is 14.8 Å². The molecule has 0 unspecified atom stereocenters. The molecular weight excluding hydrogens is 322 g/mol. The minimum Gasteiger partial charge on any atom is -0.481 e. The lowest BCUT2D eigenvalue weighted by atomic mass is 10.3. The van der Waals surface area contributed by atoms with Gasteiger partial charge in [0.05, 0.1) is 11.4 Å². The van der Waals surface area contributed by atoms with E-state index in [1.807, 2.05) is 0 Å². The van der Waals surface area contributed by atoms with Crippen molar-refractivity contribution in [3.63, 3.8) is 0 Å². The van der Waals surface area contributed by atoms with Crippen molar-refractivity contribution in [2.45, 2.75) is 26.2 Å². The van der Waals surface area contributed by atoms with Crippen molar-refractivity contribution in [1.82, 2.24) is 5.32 Å². The van der Waals surface area contributed by atoms with Crippen LogP contribution in [0.4, 0.5) is 16.2 Å². The number of carboxylic acid groups (broad SMARTS) is 1. The van der Waals surface area contributed by atoms with Gasteiger partial charge in [0, 0.05) is 18.7 Å². The third kappa shape index (κ3) is 8.05. The molecule has 23 heavy (non-hydrogen) atoms. The summed E-state index contributed by atoms with van der Waals surface area (Å²) in [5.74, 6) is -0.895. The van der Waals surface area contributed by atoms with Crippen LogP contribution in [0, 0.1) is 0 Å². The number of nitrogens with one attached hydrogen (secondary N) is 3. The average molecular weight is 343 g/mol. The highest BCUT2D eigenvalue weighted by atomic mass is 32.2. The second-order valence-corrected chi connectivity index (χ2v) is 6.72. The smallest absolute Gasteiger partial charge is 0.319 e. The number of aliphatic carboxylic acids is 1. The van der Waals surface area contributed by atoms with Gasteiger partial charge in [0.15, 0.2) is 0 Å². The molecule has 0 saturated carbocycles. The number of benzene rings is 1. The van der Waals surface area contributed by atoms with Crippen LogP contribution < -0.4 is 15.4 Å². The van der Waals surface area contributed by atoms with E-state index in [1.54, 1.807) is 25.1 Å². The number of anilines is 2. The van der Waals surface area contributed by atoms with Crippen molar-refractivity contribution in [2.75, 3.05) is 22.3 Å². The van der Waals surface area contributed by atoms with E-state index in [4.69, 9.17) is 5.11 Å². The van der Waals surface area contributed by atoms with Crippen LogP contribution in [0.5, 0.6) is 0 Å². The molecule has 0 bridgehead atoms. The summed E-state index contributed by atoms with van der Waals surface area (Å²) >= 11 is 0. The lowest BCUT2D eigenvalue weighted by molar-refractivity contribution is -0.137. The molecule has 0 aromatic heterocycles. The summed E-state index contributed by atoms with van der Waals surface area (Å²) < 4.78 is 25.8. The van der Waals surface area contributed by atoms with E-state index in [9.17, 15) is 18.0 Å². The van der Waals surface area contributed by atoms with Gasteiger partial charge >= 0.3 is 12.0 Å². The van der Waals surface area contributed by atoms with E-state index < -0.39 is 22.0 Å². The standard InChI is InChI=1S/C14H21N3O5S/c1-2-9-23(21,22)17-12-6-3-5-11(10-12)16-14(20)15-8-4-7-13(18)19/h3,5-6,10,17H,2,4,7-9H2,1H3,(H,18,19)(H2,15,16,20). The second kappa shape index (κ2) is 8.99. The van der Waals surface area contributed by atoms with Crippen LogP contribution in [0.15, 0.2) is 24.3 Å². The van der Waals surface area contributed by atoms with Crippen molar-refractivity contribution >= 4 is 33.4 Å². The van der Waals surface area contributed by atoms with Gasteiger partial charge in [-0.25, -0.2) is 13.2 Å². The van der Waals surface area contributed by atoms with Gasteiger partial charge in [-0.1, -0.05) is 13.0 Å². The molecule has 4 N–H and O–H groups in total. The highest BCUT2D eigenvalue weighted by Crippen LogP contribution is 2.16. The maximum atomic E-state index is 11.7. The molecule has 0 aliphatic heterocycles. The van der Waals surface area contributed by atoms with Crippen LogP contribution in [0.2, 0.25) is 0 Å². The molecule has 1 rings (SSSR count). The van der Waals surface area contributed by atoms with E-state index in [-0.39, 0.29) is 18.7 Å². The van der Waals surface area contributed by atoms with E-state index in [1.165, 1.54) is 6.07 Å². The van der Waals surface area contributed by atoms with Gasteiger partial charge in [0.2, 0.25) is 10.0 Å². The predicted molar refractivity (Wildman–Crippen MR) is 88.0 cm³/mol. The fourth-order valence-corrected chi connectivity index (χ4v) is 2.90. The lowest BCUT2D eigenvalue weighted by Crippen LogP contribution is -2.29. The maximum Gasteiger partial charge on any atom is 0.319 e. The van der Waals surface area contributed by atoms with Gasteiger partial charge in [0.25, 0.3) is 0 Å². The number of hydrogen-bond donors (Lipinski definition) is 4. The summed E-state index contributed by atoms with van der Waals surface area (Å²) in [5.41, 5.74) is 0.791. The number of urea groups is 1. The Bertz CT molecular complexity index is 646. The van der Waals surface area contributed by atoms with Crippen LogP contribution in [0.1, 0.15) is 26.2 Å². The number of carbonyl (C=O) groups is 2. The monoisotopic (exact) mass is 343 g/mol. The highest BCUT2D eigenvalue weighted by Gasteiger charge is 2.09. The zero-order chi connectivity index (χ0) is 17.3. The molecule has 1 aromatic rings. The molecule has 1 aromatic carbocycles. The van der Waals surface area contributed by atoms with Crippen molar-refractivity contribution in [2.24, 2.45) is 0 Å². The minimum absolute atomic E-state index is 0.0189. The fourth-order valence-electron chi connectivity index (χ4n) is 1.78. The van der Waals surface area contributed by atoms with Gasteiger partial charge in [-0.15, -0.1) is 0 Å². The first-order chi connectivity index (χ1) is 10.8. The molecule has 0 saturated heterocycles. The molecule has 8 nitrogen and oxygen atoms in total. The Hall–Kier alpha value is -2.29. The van der Waals surface area contributed by atoms with E-state index in [0.29, 0.717) is 24.2 Å². The van der Waals surface area contributed by atoms with Crippen molar-refractivity contribution < 1.29 is 23.1 Å². The molecule has 0 spiro atoms. The Kier molecular flexibility index (Phi) is 7.33. The first-order valence-electron chi connectivity index (χ1n) is 7.19. The number of sulfonamides is 1. The predicted octanol–water partition coefficient (Wildman–Crippen LogP) is 1.82. The summed E-state index contributed by atoms with van der Waals surface area (Å²) in [6.45, 7) is 2.01. The normalized spacial score (nSPS) is 10.8. The molecule has 0 atom stereocenters. The summed E-state index contributed by atoms with van der Waals surface area (Å²) in [6.07, 6.45) is 0.820. The summed E-state index contributed by atoms with van der Waals surface area (Å²) in [7, 11) is -3.39. The number of rotatable bonds is 9. The molecule has 2 amide bonds. The Balaban J connectivity index is 2.53. The molecule has 0 heterocycles. The van der Waals surface area contributed by atoms with Crippen molar-refractivity contribution in [1.29, 1.82) is 0 Å². The van der Waals surface area contributed by atoms with Gasteiger partial charge in [-0.05, 0) is 31.0 Å². The van der Waals surface area contributed by atoms with Crippen LogP contribution >= 0.6 is 0 Å². The van der Waals surface area contributed by atoms with Crippen LogP contribution in [-0.4, -0.2) is 37.8 Å². The van der Waals surface area contributed by atoms with E-state index in [2.05, 4.69) is 15.4 Å². The molecule has 0 aliphatic rings. The molecule has 9 heteroatoms. The van der Waals surface area contributed by atoms with Gasteiger partial charge in [0.1, 0.15) is 0 Å². The summed E-state index contributed by atoms with van der Waals surface area (Å²) in [4.78, 5) is 22.0. The third-order valence-corrected chi connectivity index (χ3v) is 4.21. The first kappa shape index (κ1) is 18.8. The van der Waals surface area contributed by atoms with Gasteiger partial charge in [-0.2, -0.15) is 0 Å². The maximum absolute atomic E-state index is 11.7. The largest absolute Gasteiger partial charge is 0.481 e. The zero-order valence-corrected chi connectivity index (χ0v) is 13.6. The number of carbonyl (C=O) groups excluding carboxylic acids is 1. The molecular formula is C14H21N3O5S. The number of hydrogen-bond acceptors (Lipinski definition) is 4. The Morgan fingerprint density at radius 2 is 1.91 bits per heavy atom. The summed E-state index contributed by atoms with van der Waals surface area (Å²) in [5, 5.41) is 13.6. The minimum atomic E-state index is -3.39. The highest BCUT2D eigenvalue weighted by molar-refractivity contribution is 7.92. The first-order valence-corrected chi connectivity index (χ1v) is 8.85. The second-order valence-electron chi connectivity index (χ2n) is 4.88. The Labute approximate surface area is 135 Å². The molecule has 128 valence electrons. The molecule has 0 fully saturated rings. The van der Waals surface area contributed by atoms with Crippen LogP contribution in [0.3, 0.4) is 0 Å². The van der Waals surface area contributed by atoms with Crippen LogP contribution in [0.25, 0.3) is 0 Å². The fraction of sp³-hybridized carbons (Fsp3) is 0.429. The third-order valence-electron chi connectivity index (χ3n) is 2.72.